The number of nitrogens with zero attached hydrogens (tertiary/aromatic N) is 1. The average molecular weight is 314 g/mol. The van der Waals surface area contributed by atoms with Crippen LogP contribution in [-0.2, 0) is 6.61 Å². The number of hydrogen-bond donors (Lipinski definition) is 1. The molecule has 1 heterocycles. The van der Waals surface area contributed by atoms with E-state index in [0.29, 0.717) is 22.4 Å². The maximum Gasteiger partial charge on any atom is 0.261 e. The summed E-state index contributed by atoms with van der Waals surface area (Å²) >= 11 is 0. The normalized spacial score (nSPS) is 13.4. The zero-order chi connectivity index (χ0) is 16.4. The van der Waals surface area contributed by atoms with Crippen LogP contribution in [0, 0.1) is 5.82 Å². The van der Waals surface area contributed by atoms with Gasteiger partial charge in [-0.15, -0.1) is 0 Å². The number of carbonyl (C=O) groups excluding carboxylic acids is 2. The molecule has 118 valence electrons. The van der Waals surface area contributed by atoms with Crippen LogP contribution in [0.25, 0.3) is 0 Å². The molecule has 0 saturated carbocycles. The Morgan fingerprint density at radius 2 is 1.83 bits per heavy atom. The van der Waals surface area contributed by atoms with Crippen LogP contribution in [0.1, 0.15) is 26.3 Å². The van der Waals surface area contributed by atoms with E-state index in [4.69, 9.17) is 10.5 Å². The summed E-state index contributed by atoms with van der Waals surface area (Å²) in [5, 5.41) is 0. The summed E-state index contributed by atoms with van der Waals surface area (Å²) in [5.74, 6) is -0.596. The third kappa shape index (κ3) is 2.93. The molecule has 2 N–H and O–H groups in total. The number of nitrogens with two attached hydrogens (primary N) is 1. The summed E-state index contributed by atoms with van der Waals surface area (Å²) in [6.07, 6.45) is 0. The molecule has 0 unspecified atom stereocenters. The highest BCUT2D eigenvalue weighted by molar-refractivity contribution is 6.21. The molecule has 1 aliphatic heterocycles. The van der Waals surface area contributed by atoms with Gasteiger partial charge in [0.15, 0.2) is 0 Å². The fourth-order valence-electron chi connectivity index (χ4n) is 2.49. The smallest absolute Gasteiger partial charge is 0.261 e. The molecule has 0 spiro atoms. The van der Waals surface area contributed by atoms with E-state index in [1.54, 1.807) is 24.3 Å². The van der Waals surface area contributed by atoms with Crippen LogP contribution in [0.15, 0.2) is 42.5 Å². The molecule has 2 aromatic rings. The highest BCUT2D eigenvalue weighted by Gasteiger charge is 2.35. The summed E-state index contributed by atoms with van der Waals surface area (Å²) in [5.41, 5.74) is 6.75. The lowest BCUT2D eigenvalue weighted by molar-refractivity contribution is 0.0658. The summed E-state index contributed by atoms with van der Waals surface area (Å²) in [7, 11) is 0. The van der Waals surface area contributed by atoms with Crippen molar-refractivity contribution in [1.29, 1.82) is 0 Å². The second-order valence-electron chi connectivity index (χ2n) is 5.18. The first-order valence-corrected chi connectivity index (χ1v) is 7.17. The molecule has 0 bridgehead atoms. The number of imide groups is 1. The lowest BCUT2D eigenvalue weighted by atomic mass is 10.1. The third-order valence-electron chi connectivity index (χ3n) is 3.59. The number of benzene rings is 2. The van der Waals surface area contributed by atoms with Gasteiger partial charge in [-0.3, -0.25) is 14.5 Å². The molecular formula is C17H15FN2O3. The lowest BCUT2D eigenvalue weighted by Gasteiger charge is -2.11. The molecule has 0 atom stereocenters. The number of ether oxygens (including phenoxy) is 1. The van der Waals surface area contributed by atoms with Crippen molar-refractivity contribution in [2.75, 3.05) is 13.1 Å². The van der Waals surface area contributed by atoms with Gasteiger partial charge in [-0.05, 0) is 35.9 Å². The number of halogens is 1. The van der Waals surface area contributed by atoms with Crippen molar-refractivity contribution in [3.05, 3.63) is 65.0 Å². The molecule has 23 heavy (non-hydrogen) atoms. The molecule has 0 aliphatic carbocycles. The van der Waals surface area contributed by atoms with E-state index < -0.39 is 0 Å². The molecule has 0 radical (unpaired) electrons. The quantitative estimate of drug-likeness (QED) is 0.856. The van der Waals surface area contributed by atoms with Crippen LogP contribution in [0.4, 0.5) is 4.39 Å². The summed E-state index contributed by atoms with van der Waals surface area (Å²) in [4.78, 5) is 25.4. The standard InChI is InChI=1S/C17H15FN2O3/c18-12-3-1-2-11(8-12)10-23-13-4-5-14-15(9-13)17(22)20(7-6-19)16(14)21/h1-5,8-9H,6-7,10,19H2. The Morgan fingerprint density at radius 1 is 1.04 bits per heavy atom. The van der Waals surface area contributed by atoms with Crippen molar-refractivity contribution < 1.29 is 18.7 Å². The van der Waals surface area contributed by atoms with E-state index in [-0.39, 0.29) is 37.3 Å². The maximum absolute atomic E-state index is 13.1. The van der Waals surface area contributed by atoms with Gasteiger partial charge in [-0.1, -0.05) is 12.1 Å². The van der Waals surface area contributed by atoms with Gasteiger partial charge in [0.2, 0.25) is 0 Å². The maximum atomic E-state index is 13.1. The molecule has 1 aliphatic rings. The number of fused-ring (bicyclic) bond motifs is 1. The first-order chi connectivity index (χ1) is 11.1. The van der Waals surface area contributed by atoms with Crippen LogP contribution in [-0.4, -0.2) is 29.8 Å². The highest BCUT2D eigenvalue weighted by atomic mass is 19.1. The lowest BCUT2D eigenvalue weighted by Crippen LogP contribution is -2.34. The second kappa shape index (κ2) is 6.18. The monoisotopic (exact) mass is 314 g/mol. The summed E-state index contributed by atoms with van der Waals surface area (Å²) < 4.78 is 18.7. The average Bonchev–Trinajstić information content (AvgIpc) is 2.78. The predicted octanol–water partition coefficient (Wildman–Crippen LogP) is 1.96. The summed E-state index contributed by atoms with van der Waals surface area (Å²) in [6.45, 7) is 0.575. The van der Waals surface area contributed by atoms with Crippen LogP contribution < -0.4 is 10.5 Å². The van der Waals surface area contributed by atoms with Crippen molar-refractivity contribution in [2.45, 2.75) is 6.61 Å². The number of rotatable bonds is 5. The molecule has 0 saturated heterocycles. The molecule has 2 amide bonds. The van der Waals surface area contributed by atoms with Crippen molar-refractivity contribution in [2.24, 2.45) is 5.73 Å². The van der Waals surface area contributed by atoms with Crippen LogP contribution in [0.2, 0.25) is 0 Å². The first-order valence-electron chi connectivity index (χ1n) is 7.17. The van der Waals surface area contributed by atoms with Crippen molar-refractivity contribution in [3.63, 3.8) is 0 Å². The zero-order valence-electron chi connectivity index (χ0n) is 12.3. The van der Waals surface area contributed by atoms with Gasteiger partial charge < -0.3 is 10.5 Å². The Labute approximate surface area is 132 Å². The van der Waals surface area contributed by atoms with E-state index in [9.17, 15) is 14.0 Å². The third-order valence-corrected chi connectivity index (χ3v) is 3.59. The van der Waals surface area contributed by atoms with Gasteiger partial charge in [0, 0.05) is 13.1 Å². The van der Waals surface area contributed by atoms with E-state index in [1.165, 1.54) is 18.2 Å². The highest BCUT2D eigenvalue weighted by Crippen LogP contribution is 2.27. The number of amides is 2. The van der Waals surface area contributed by atoms with Crippen LogP contribution >= 0.6 is 0 Å². The van der Waals surface area contributed by atoms with E-state index in [1.807, 2.05) is 0 Å². The molecule has 2 aromatic carbocycles. The zero-order valence-corrected chi connectivity index (χ0v) is 12.3. The van der Waals surface area contributed by atoms with Gasteiger partial charge in [-0.2, -0.15) is 0 Å². The SMILES string of the molecule is NCCN1C(=O)c2ccc(OCc3cccc(F)c3)cc2C1=O. The fourth-order valence-corrected chi connectivity index (χ4v) is 2.49. The Hall–Kier alpha value is -2.73. The van der Waals surface area contributed by atoms with Crippen molar-refractivity contribution in [3.8, 4) is 5.75 Å². The molecular weight excluding hydrogens is 299 g/mol. The topological polar surface area (TPSA) is 72.6 Å². The van der Waals surface area contributed by atoms with Gasteiger partial charge >= 0.3 is 0 Å². The van der Waals surface area contributed by atoms with Gasteiger partial charge in [0.05, 0.1) is 11.1 Å². The van der Waals surface area contributed by atoms with E-state index in [0.717, 1.165) is 4.90 Å². The summed E-state index contributed by atoms with van der Waals surface area (Å²) in [6, 6.07) is 10.8. The van der Waals surface area contributed by atoms with Crippen molar-refractivity contribution in [1.82, 2.24) is 4.90 Å². The largest absolute Gasteiger partial charge is 0.489 e. The predicted molar refractivity (Wildman–Crippen MR) is 81.6 cm³/mol. The van der Waals surface area contributed by atoms with Gasteiger partial charge in [0.25, 0.3) is 11.8 Å². The van der Waals surface area contributed by atoms with Crippen LogP contribution in [0.5, 0.6) is 5.75 Å². The molecule has 0 aromatic heterocycles. The second-order valence-corrected chi connectivity index (χ2v) is 5.18. The minimum atomic E-state index is -0.369. The minimum Gasteiger partial charge on any atom is -0.489 e. The van der Waals surface area contributed by atoms with Crippen LogP contribution in [0.3, 0.4) is 0 Å². The Kier molecular flexibility index (Phi) is 4.08. The van der Waals surface area contributed by atoms with E-state index >= 15 is 0 Å². The Morgan fingerprint density at radius 3 is 2.57 bits per heavy atom. The number of carbonyl (C=O) groups is 2. The molecule has 5 nitrogen and oxygen atoms in total. The first kappa shape index (κ1) is 15.2. The number of hydrogen-bond acceptors (Lipinski definition) is 4. The Balaban J connectivity index is 1.77. The fraction of sp³-hybridized carbons (Fsp3) is 0.176. The van der Waals surface area contributed by atoms with Crippen molar-refractivity contribution >= 4 is 11.8 Å². The van der Waals surface area contributed by atoms with Gasteiger partial charge in [0.1, 0.15) is 18.2 Å². The molecule has 0 fully saturated rings. The molecule has 6 heteroatoms. The van der Waals surface area contributed by atoms with Gasteiger partial charge in [-0.25, -0.2) is 4.39 Å². The molecule has 3 rings (SSSR count). The Bertz CT molecular complexity index is 776. The minimum absolute atomic E-state index is 0.172. The van der Waals surface area contributed by atoms with E-state index in [2.05, 4.69) is 0 Å².